The molecule has 20 heavy (non-hydrogen) atoms. The van der Waals surface area contributed by atoms with Crippen LogP contribution in [0.5, 0.6) is 0 Å². The summed E-state index contributed by atoms with van der Waals surface area (Å²) in [6.45, 7) is 4.45. The summed E-state index contributed by atoms with van der Waals surface area (Å²) in [5, 5.41) is 0. The molecule has 108 valence electrons. The number of ether oxygens (including phenoxy) is 1. The third-order valence-electron chi connectivity index (χ3n) is 4.24. The van der Waals surface area contributed by atoms with Crippen molar-refractivity contribution in [3.63, 3.8) is 0 Å². The number of hydrogen-bond acceptors (Lipinski definition) is 3. The van der Waals surface area contributed by atoms with Crippen LogP contribution in [0.3, 0.4) is 0 Å². The van der Waals surface area contributed by atoms with E-state index in [2.05, 4.69) is 0 Å². The molecule has 1 fully saturated rings. The summed E-state index contributed by atoms with van der Waals surface area (Å²) in [6, 6.07) is 1.61. The summed E-state index contributed by atoms with van der Waals surface area (Å²) < 4.78 is 7.26. The molecular weight excluding hydrogens is 256 g/mol. The Morgan fingerprint density at radius 2 is 2.05 bits per heavy atom. The fraction of sp³-hybridized carbons (Fsp3) is 0.600. The number of rotatable bonds is 2. The van der Waals surface area contributed by atoms with Gasteiger partial charge in [0.2, 0.25) is 5.91 Å². The maximum absolute atomic E-state index is 12.5. The highest BCUT2D eigenvalue weighted by atomic mass is 16.5. The van der Waals surface area contributed by atoms with E-state index >= 15 is 0 Å². The van der Waals surface area contributed by atoms with Crippen molar-refractivity contribution in [1.29, 1.82) is 0 Å². The molecule has 1 atom stereocenters. The van der Waals surface area contributed by atoms with Crippen LogP contribution >= 0.6 is 0 Å². The van der Waals surface area contributed by atoms with Crippen molar-refractivity contribution in [2.24, 2.45) is 0 Å². The fourth-order valence-electron chi connectivity index (χ4n) is 3.08. The van der Waals surface area contributed by atoms with E-state index in [1.807, 2.05) is 28.7 Å². The normalized spacial score (nSPS) is 20.6. The first-order valence-electron chi connectivity index (χ1n) is 7.28. The number of morpholine rings is 1. The van der Waals surface area contributed by atoms with E-state index in [1.165, 1.54) is 0 Å². The van der Waals surface area contributed by atoms with Gasteiger partial charge in [0, 0.05) is 37.0 Å². The topological polar surface area (TPSA) is 51.5 Å². The molecule has 0 bridgehead atoms. The lowest BCUT2D eigenvalue weighted by Crippen LogP contribution is -2.43. The van der Waals surface area contributed by atoms with Gasteiger partial charge in [0.05, 0.1) is 13.2 Å². The van der Waals surface area contributed by atoms with Crippen LogP contribution in [-0.4, -0.2) is 47.5 Å². The molecule has 0 saturated carbocycles. The third-order valence-corrected chi connectivity index (χ3v) is 4.24. The lowest BCUT2D eigenvalue weighted by molar-refractivity contribution is -0.138. The van der Waals surface area contributed by atoms with E-state index in [-0.39, 0.29) is 17.7 Å². The zero-order valence-electron chi connectivity index (χ0n) is 11.8. The number of fused-ring (bicyclic) bond motifs is 1. The number of nitrogens with zero attached hydrogens (tertiary/aromatic N) is 2. The second kappa shape index (κ2) is 5.40. The first-order valence-corrected chi connectivity index (χ1v) is 7.28. The van der Waals surface area contributed by atoms with E-state index in [4.69, 9.17) is 4.74 Å². The summed E-state index contributed by atoms with van der Waals surface area (Å²) in [5.74, 6) is 0.320. The quantitative estimate of drug-likeness (QED) is 0.821. The van der Waals surface area contributed by atoms with Crippen molar-refractivity contribution in [2.75, 3.05) is 26.3 Å². The predicted molar refractivity (Wildman–Crippen MR) is 73.8 cm³/mol. The minimum Gasteiger partial charge on any atom is -0.378 e. The number of ketones is 1. The van der Waals surface area contributed by atoms with Crippen LogP contribution < -0.4 is 0 Å². The average Bonchev–Trinajstić information content (AvgIpc) is 2.92. The number of aromatic nitrogens is 1. The van der Waals surface area contributed by atoms with Gasteiger partial charge in [0.1, 0.15) is 6.04 Å². The highest BCUT2D eigenvalue weighted by molar-refractivity contribution is 5.98. The number of amides is 1. The Labute approximate surface area is 118 Å². The molecule has 2 aliphatic rings. The standard InChI is InChI=1S/C15H20N2O3/c1-11(15(19)16-7-9-20-10-8-16)17-6-5-12-13(17)3-2-4-14(12)18/h5-6,11H,2-4,7-10H2,1H3. The molecule has 5 nitrogen and oxygen atoms in total. The number of hydrogen-bond donors (Lipinski definition) is 0. The van der Waals surface area contributed by atoms with Gasteiger partial charge in [-0.1, -0.05) is 0 Å². The highest BCUT2D eigenvalue weighted by Gasteiger charge is 2.28. The molecule has 5 heteroatoms. The van der Waals surface area contributed by atoms with Gasteiger partial charge in [-0.25, -0.2) is 0 Å². The van der Waals surface area contributed by atoms with Crippen molar-refractivity contribution >= 4 is 11.7 Å². The van der Waals surface area contributed by atoms with Crippen molar-refractivity contribution in [1.82, 2.24) is 9.47 Å². The zero-order chi connectivity index (χ0) is 14.1. The number of carbonyl (C=O) groups is 2. The molecule has 1 aliphatic heterocycles. The molecule has 1 unspecified atom stereocenters. The van der Waals surface area contributed by atoms with Crippen molar-refractivity contribution in [2.45, 2.75) is 32.2 Å². The van der Waals surface area contributed by atoms with Crippen LogP contribution in [-0.2, 0) is 16.0 Å². The number of carbonyl (C=O) groups excluding carboxylic acids is 2. The van der Waals surface area contributed by atoms with Gasteiger partial charge in [-0.2, -0.15) is 0 Å². The van der Waals surface area contributed by atoms with Crippen molar-refractivity contribution in [3.05, 3.63) is 23.5 Å². The summed E-state index contributed by atoms with van der Waals surface area (Å²) in [6.07, 6.45) is 4.28. The lowest BCUT2D eigenvalue weighted by Gasteiger charge is -2.30. The Kier molecular flexibility index (Phi) is 3.61. The molecule has 0 N–H and O–H groups in total. The van der Waals surface area contributed by atoms with Crippen LogP contribution in [0.4, 0.5) is 0 Å². The maximum Gasteiger partial charge on any atom is 0.245 e. The van der Waals surface area contributed by atoms with Gasteiger partial charge in [-0.15, -0.1) is 0 Å². The summed E-state index contributed by atoms with van der Waals surface area (Å²) in [7, 11) is 0. The molecule has 0 radical (unpaired) electrons. The van der Waals surface area contributed by atoms with Crippen LogP contribution in [0, 0.1) is 0 Å². The monoisotopic (exact) mass is 276 g/mol. The molecule has 3 rings (SSSR count). The molecule has 1 amide bonds. The van der Waals surface area contributed by atoms with Crippen molar-refractivity contribution < 1.29 is 14.3 Å². The molecule has 0 spiro atoms. The van der Waals surface area contributed by atoms with Crippen molar-refractivity contribution in [3.8, 4) is 0 Å². The van der Waals surface area contributed by atoms with Gasteiger partial charge in [-0.05, 0) is 25.8 Å². The molecule has 1 aliphatic carbocycles. The predicted octanol–water partition coefficient (Wildman–Crippen LogP) is 1.43. The van der Waals surface area contributed by atoms with Crippen LogP contribution in [0.15, 0.2) is 12.3 Å². The highest BCUT2D eigenvalue weighted by Crippen LogP contribution is 2.26. The largest absolute Gasteiger partial charge is 0.378 e. The second-order valence-electron chi connectivity index (χ2n) is 5.47. The molecule has 1 aromatic heterocycles. The molecule has 1 aromatic rings. The summed E-state index contributed by atoms with van der Waals surface area (Å²) in [5.41, 5.74) is 1.83. The van der Waals surface area contributed by atoms with E-state index in [0.29, 0.717) is 32.7 Å². The van der Waals surface area contributed by atoms with E-state index in [9.17, 15) is 9.59 Å². The van der Waals surface area contributed by atoms with Gasteiger partial charge in [0.25, 0.3) is 0 Å². The van der Waals surface area contributed by atoms with Gasteiger partial charge in [0.15, 0.2) is 5.78 Å². The molecule has 1 saturated heterocycles. The van der Waals surface area contributed by atoms with Gasteiger partial charge >= 0.3 is 0 Å². The second-order valence-corrected chi connectivity index (χ2v) is 5.47. The first kappa shape index (κ1) is 13.4. The minimum absolute atomic E-state index is 0.115. The Balaban J connectivity index is 1.81. The third kappa shape index (κ3) is 2.26. The van der Waals surface area contributed by atoms with Gasteiger partial charge < -0.3 is 14.2 Å². The Bertz CT molecular complexity index is 529. The minimum atomic E-state index is -0.247. The molecular formula is C15H20N2O3. The fourth-order valence-corrected chi connectivity index (χ4v) is 3.08. The molecule has 2 heterocycles. The van der Waals surface area contributed by atoms with Crippen LogP contribution in [0.2, 0.25) is 0 Å². The smallest absolute Gasteiger partial charge is 0.245 e. The van der Waals surface area contributed by atoms with Crippen LogP contribution in [0.1, 0.15) is 41.9 Å². The van der Waals surface area contributed by atoms with E-state index in [0.717, 1.165) is 24.1 Å². The van der Waals surface area contributed by atoms with Crippen LogP contribution in [0.25, 0.3) is 0 Å². The lowest BCUT2D eigenvalue weighted by atomic mass is 9.96. The Morgan fingerprint density at radius 1 is 1.30 bits per heavy atom. The number of Topliss-reactive ketones (excluding diaryl/α,β-unsaturated/α-hetero) is 1. The Morgan fingerprint density at radius 3 is 2.80 bits per heavy atom. The van der Waals surface area contributed by atoms with E-state index < -0.39 is 0 Å². The maximum atomic E-state index is 12.5. The Hall–Kier alpha value is -1.62. The summed E-state index contributed by atoms with van der Waals surface area (Å²) in [4.78, 5) is 26.2. The van der Waals surface area contributed by atoms with E-state index in [1.54, 1.807) is 0 Å². The first-order chi connectivity index (χ1) is 9.68. The average molecular weight is 276 g/mol. The molecule has 0 aromatic carbocycles. The summed E-state index contributed by atoms with van der Waals surface area (Å²) >= 11 is 0. The van der Waals surface area contributed by atoms with Gasteiger partial charge in [-0.3, -0.25) is 9.59 Å². The SMILES string of the molecule is CC(C(=O)N1CCOCC1)n1ccc2c1CCCC2=O. The zero-order valence-corrected chi connectivity index (χ0v) is 11.8.